The number of ether oxygens (including phenoxy) is 2. The van der Waals surface area contributed by atoms with E-state index in [9.17, 15) is 4.79 Å². The summed E-state index contributed by atoms with van der Waals surface area (Å²) in [7, 11) is 0. The normalized spacial score (nSPS) is 12.5. The van der Waals surface area contributed by atoms with Crippen LogP contribution in [0.2, 0.25) is 0 Å². The summed E-state index contributed by atoms with van der Waals surface area (Å²) in [5.74, 6) is 2.70. The number of rotatable bonds is 6. The maximum absolute atomic E-state index is 12.3. The molecule has 0 fully saturated rings. The number of hydrogen-bond acceptors (Lipinski definition) is 7. The molecule has 0 amide bonds. The average molecular weight is 430 g/mol. The molecule has 0 saturated carbocycles. The van der Waals surface area contributed by atoms with Gasteiger partial charge in [0.05, 0.1) is 12.2 Å². The number of fused-ring (bicyclic) bond motifs is 1. The third kappa shape index (κ3) is 3.99. The van der Waals surface area contributed by atoms with E-state index in [0.29, 0.717) is 42.1 Å². The van der Waals surface area contributed by atoms with Crippen molar-refractivity contribution in [2.45, 2.75) is 32.7 Å². The quantitative estimate of drug-likeness (QED) is 0.455. The SMILES string of the molecule is CC(C)c1ccc(-c2ccc(=O)n(CCc3nc(-c4ccc5c(c4)OCO5)no3)n2)cc1. The van der Waals surface area contributed by atoms with Crippen molar-refractivity contribution in [2.75, 3.05) is 6.79 Å². The lowest BCUT2D eigenvalue weighted by Gasteiger charge is -2.08. The Labute approximate surface area is 184 Å². The number of hydrogen-bond donors (Lipinski definition) is 0. The number of aryl methyl sites for hydroxylation is 2. The zero-order chi connectivity index (χ0) is 22.1. The number of aromatic nitrogens is 4. The van der Waals surface area contributed by atoms with Gasteiger partial charge >= 0.3 is 0 Å². The van der Waals surface area contributed by atoms with E-state index < -0.39 is 0 Å². The summed E-state index contributed by atoms with van der Waals surface area (Å²) in [5, 5.41) is 8.56. The van der Waals surface area contributed by atoms with Gasteiger partial charge in [-0.3, -0.25) is 4.79 Å². The van der Waals surface area contributed by atoms with Crippen molar-refractivity contribution in [1.82, 2.24) is 19.9 Å². The molecule has 4 aromatic rings. The molecule has 0 spiro atoms. The first-order valence-electron chi connectivity index (χ1n) is 10.5. The van der Waals surface area contributed by atoms with Crippen LogP contribution in [0.1, 0.15) is 31.2 Å². The van der Waals surface area contributed by atoms with Crippen molar-refractivity contribution >= 4 is 0 Å². The minimum atomic E-state index is -0.178. The lowest BCUT2D eigenvalue weighted by molar-refractivity contribution is 0.174. The van der Waals surface area contributed by atoms with Gasteiger partial charge in [-0.15, -0.1) is 0 Å². The van der Waals surface area contributed by atoms with Crippen molar-refractivity contribution < 1.29 is 14.0 Å². The molecule has 8 nitrogen and oxygen atoms in total. The fourth-order valence-electron chi connectivity index (χ4n) is 3.51. The largest absolute Gasteiger partial charge is 0.454 e. The van der Waals surface area contributed by atoms with Gasteiger partial charge in [0.25, 0.3) is 5.56 Å². The zero-order valence-corrected chi connectivity index (χ0v) is 17.8. The third-order valence-corrected chi connectivity index (χ3v) is 5.38. The Hall–Kier alpha value is -3.94. The molecule has 0 saturated heterocycles. The van der Waals surface area contributed by atoms with Crippen LogP contribution < -0.4 is 15.0 Å². The fourth-order valence-corrected chi connectivity index (χ4v) is 3.51. The molecule has 32 heavy (non-hydrogen) atoms. The highest BCUT2D eigenvalue weighted by Crippen LogP contribution is 2.35. The highest BCUT2D eigenvalue weighted by molar-refractivity contribution is 5.61. The Morgan fingerprint density at radius 1 is 0.969 bits per heavy atom. The Morgan fingerprint density at radius 3 is 2.56 bits per heavy atom. The average Bonchev–Trinajstić information content (AvgIpc) is 3.47. The van der Waals surface area contributed by atoms with Gasteiger partial charge in [0.15, 0.2) is 11.5 Å². The fraction of sp³-hybridized carbons (Fsp3) is 0.250. The summed E-state index contributed by atoms with van der Waals surface area (Å²) in [5.41, 5.74) is 3.56. The van der Waals surface area contributed by atoms with Gasteiger partial charge in [-0.1, -0.05) is 43.3 Å². The van der Waals surface area contributed by atoms with E-state index in [0.717, 1.165) is 16.8 Å². The maximum Gasteiger partial charge on any atom is 0.266 e. The molecular weight excluding hydrogens is 408 g/mol. The lowest BCUT2D eigenvalue weighted by Crippen LogP contribution is -2.23. The summed E-state index contributed by atoms with van der Waals surface area (Å²) >= 11 is 0. The number of benzene rings is 2. The highest BCUT2D eigenvalue weighted by atomic mass is 16.7. The van der Waals surface area contributed by atoms with E-state index in [2.05, 4.69) is 41.2 Å². The molecule has 1 aliphatic rings. The Bertz CT molecular complexity index is 1310. The molecule has 8 heteroatoms. The van der Waals surface area contributed by atoms with Gasteiger partial charge in [0.2, 0.25) is 18.5 Å². The molecular formula is C24H22N4O4. The summed E-state index contributed by atoms with van der Waals surface area (Å²) < 4.78 is 17.5. The Kier molecular flexibility index (Phi) is 5.18. The predicted octanol–water partition coefficient (Wildman–Crippen LogP) is 4.06. The first-order chi connectivity index (χ1) is 15.6. The van der Waals surface area contributed by atoms with Crippen molar-refractivity contribution in [1.29, 1.82) is 0 Å². The van der Waals surface area contributed by atoms with Crippen LogP contribution in [-0.2, 0) is 13.0 Å². The van der Waals surface area contributed by atoms with Gasteiger partial charge in [-0.25, -0.2) is 4.68 Å². The van der Waals surface area contributed by atoms with Gasteiger partial charge in [-0.05, 0) is 35.7 Å². The van der Waals surface area contributed by atoms with E-state index in [-0.39, 0.29) is 12.4 Å². The second kappa shape index (κ2) is 8.30. The van der Waals surface area contributed by atoms with E-state index in [1.54, 1.807) is 6.07 Å². The predicted molar refractivity (Wildman–Crippen MR) is 118 cm³/mol. The molecule has 0 bridgehead atoms. The molecule has 0 unspecified atom stereocenters. The van der Waals surface area contributed by atoms with E-state index in [4.69, 9.17) is 14.0 Å². The second-order valence-electron chi connectivity index (χ2n) is 7.89. The standard InChI is InChI=1S/C24H22N4O4/c1-15(2)16-3-5-17(6-4-16)19-8-10-23(29)28(26-19)12-11-22-25-24(27-32-22)18-7-9-20-21(13-18)31-14-30-20/h3-10,13,15H,11-12,14H2,1-2H3. The second-order valence-corrected chi connectivity index (χ2v) is 7.89. The van der Waals surface area contributed by atoms with E-state index in [1.165, 1.54) is 16.3 Å². The minimum absolute atomic E-state index is 0.178. The lowest BCUT2D eigenvalue weighted by atomic mass is 10.0. The first kappa shape index (κ1) is 20.0. The summed E-state index contributed by atoms with van der Waals surface area (Å²) in [6.07, 6.45) is 0.389. The Balaban J connectivity index is 1.31. The molecule has 162 valence electrons. The van der Waals surface area contributed by atoms with Crippen LogP contribution in [0.3, 0.4) is 0 Å². The van der Waals surface area contributed by atoms with Crippen LogP contribution in [0, 0.1) is 0 Å². The highest BCUT2D eigenvalue weighted by Gasteiger charge is 2.17. The molecule has 0 radical (unpaired) electrons. The molecule has 3 heterocycles. The van der Waals surface area contributed by atoms with Crippen molar-refractivity contribution in [3.8, 4) is 34.1 Å². The van der Waals surface area contributed by atoms with E-state index in [1.807, 2.05) is 30.3 Å². The Morgan fingerprint density at radius 2 is 1.75 bits per heavy atom. The van der Waals surface area contributed by atoms with Crippen molar-refractivity contribution in [3.05, 3.63) is 76.4 Å². The number of nitrogens with zero attached hydrogens (tertiary/aromatic N) is 4. The van der Waals surface area contributed by atoms with Crippen LogP contribution >= 0.6 is 0 Å². The molecule has 1 aliphatic heterocycles. The first-order valence-corrected chi connectivity index (χ1v) is 10.5. The molecule has 2 aromatic heterocycles. The van der Waals surface area contributed by atoms with Crippen LogP contribution in [-0.4, -0.2) is 26.7 Å². The molecule has 0 aliphatic carbocycles. The van der Waals surface area contributed by atoms with Gasteiger partial charge in [-0.2, -0.15) is 10.1 Å². The van der Waals surface area contributed by atoms with Crippen LogP contribution in [0.15, 0.2) is 63.9 Å². The van der Waals surface area contributed by atoms with E-state index >= 15 is 0 Å². The molecule has 0 atom stereocenters. The van der Waals surface area contributed by atoms with Crippen LogP contribution in [0.4, 0.5) is 0 Å². The molecule has 2 aromatic carbocycles. The molecule has 0 N–H and O–H groups in total. The van der Waals surface area contributed by atoms with Gasteiger partial charge in [0.1, 0.15) is 0 Å². The van der Waals surface area contributed by atoms with Gasteiger partial charge < -0.3 is 14.0 Å². The van der Waals surface area contributed by atoms with Crippen LogP contribution in [0.5, 0.6) is 11.5 Å². The minimum Gasteiger partial charge on any atom is -0.454 e. The topological polar surface area (TPSA) is 92.3 Å². The van der Waals surface area contributed by atoms with Gasteiger partial charge in [0, 0.05) is 23.6 Å². The van der Waals surface area contributed by atoms with Crippen molar-refractivity contribution in [3.63, 3.8) is 0 Å². The smallest absolute Gasteiger partial charge is 0.266 e. The maximum atomic E-state index is 12.3. The summed E-state index contributed by atoms with van der Waals surface area (Å²) in [6, 6.07) is 17.0. The zero-order valence-electron chi connectivity index (χ0n) is 17.8. The molecule has 5 rings (SSSR count). The van der Waals surface area contributed by atoms with Crippen molar-refractivity contribution in [2.24, 2.45) is 0 Å². The summed E-state index contributed by atoms with van der Waals surface area (Å²) in [4.78, 5) is 16.8. The monoisotopic (exact) mass is 430 g/mol. The third-order valence-electron chi connectivity index (χ3n) is 5.38. The summed E-state index contributed by atoms with van der Waals surface area (Å²) in [6.45, 7) is 4.85. The van der Waals surface area contributed by atoms with Crippen LogP contribution in [0.25, 0.3) is 22.6 Å².